The van der Waals surface area contributed by atoms with Crippen LogP contribution in [-0.2, 0) is 19.2 Å². The van der Waals surface area contributed by atoms with Gasteiger partial charge in [0.15, 0.2) is 0 Å². The molecule has 30 heavy (non-hydrogen) atoms. The average molecular weight is 512 g/mol. The minimum atomic E-state index is -0.413. The Morgan fingerprint density at radius 1 is 0.933 bits per heavy atom. The molecule has 0 bridgehead atoms. The predicted octanol–water partition coefficient (Wildman–Crippen LogP) is 2.03. The first-order chi connectivity index (χ1) is 13.3. The number of rotatable bonds is 2. The van der Waals surface area contributed by atoms with E-state index in [0.717, 1.165) is 0 Å². The Labute approximate surface area is 210 Å². The van der Waals surface area contributed by atoms with E-state index < -0.39 is 5.50 Å². The molecule has 0 saturated carbocycles. The van der Waals surface area contributed by atoms with Crippen molar-refractivity contribution in [3.8, 4) is 0 Å². The third-order valence-corrected chi connectivity index (χ3v) is 7.85. The molecule has 0 saturated heterocycles. The summed E-state index contributed by atoms with van der Waals surface area (Å²) in [4.78, 5) is 0. The molecule has 0 nitrogen and oxygen atoms in total. The normalized spacial score (nSPS) is 9.60. The summed E-state index contributed by atoms with van der Waals surface area (Å²) in [6, 6.07) is 22.8. The van der Waals surface area contributed by atoms with Gasteiger partial charge in [-0.25, -0.2) is 0 Å². The molecule has 4 aromatic carbocycles. The SMILES string of the molecule is CCC[Si](Cl)=[Ti+2].Cc1c[c-](C)c(C)c1C.[Cl-].[Cl-].c1ccc2c(c1)[cH-]c1ccccc12. The Morgan fingerprint density at radius 3 is 1.67 bits per heavy atom. The summed E-state index contributed by atoms with van der Waals surface area (Å²) in [6.07, 6.45) is 1.24. The maximum atomic E-state index is 5.68. The standard InChI is InChI=1S/C13H9.C9H13.C3H7ClSi.2ClH.Ti/c1-3-7-12-10(5-1)9-11-6-2-4-8-13(11)12;1-6-5-7(2)9(4)8(6)3;1-2-3-5-4;;;/h1-9H;5H,1-4H3;2-3H2,1H3;2*1H;/q2*-1;;;;+2/p-2. The molecule has 0 aromatic heterocycles. The fraction of sp³-hybridized carbons (Fsp3) is 0.280. The van der Waals surface area contributed by atoms with Crippen molar-refractivity contribution in [2.75, 3.05) is 0 Å². The monoisotopic (exact) mass is 510 g/mol. The van der Waals surface area contributed by atoms with Gasteiger partial charge in [0.1, 0.15) is 0 Å². The third kappa shape index (κ3) is 8.19. The molecular weight excluding hydrogens is 483 g/mol. The molecule has 0 aliphatic rings. The van der Waals surface area contributed by atoms with E-state index in [2.05, 4.69) is 114 Å². The summed E-state index contributed by atoms with van der Waals surface area (Å²) in [6.45, 7) is 10.8. The van der Waals surface area contributed by atoms with Gasteiger partial charge in [-0.15, -0.1) is 39.7 Å². The smallest absolute Gasteiger partial charge is 0.0630 e. The summed E-state index contributed by atoms with van der Waals surface area (Å²) in [5, 5.41) is 5.39. The van der Waals surface area contributed by atoms with Gasteiger partial charge < -0.3 is 24.8 Å². The van der Waals surface area contributed by atoms with E-state index in [0.29, 0.717) is 0 Å². The molecule has 0 N–H and O–H groups in total. The van der Waals surface area contributed by atoms with Crippen LogP contribution in [-0.4, -0.2) is 5.50 Å². The Kier molecular flexibility index (Phi) is 14.2. The molecule has 4 aromatic rings. The van der Waals surface area contributed by atoms with Crippen molar-refractivity contribution in [3.05, 3.63) is 82.9 Å². The van der Waals surface area contributed by atoms with Gasteiger partial charge in [-0.3, -0.25) is 0 Å². The summed E-state index contributed by atoms with van der Waals surface area (Å²) >= 11 is 7.80. The zero-order valence-electron chi connectivity index (χ0n) is 18.3. The Hall–Kier alpha value is -0.539. The summed E-state index contributed by atoms with van der Waals surface area (Å²) in [7, 11) is 0. The molecule has 0 radical (unpaired) electrons. The number of fused-ring (bicyclic) bond motifs is 3. The van der Waals surface area contributed by atoms with Crippen LogP contribution in [0.3, 0.4) is 0 Å². The first kappa shape index (κ1) is 29.5. The van der Waals surface area contributed by atoms with E-state index >= 15 is 0 Å². The molecule has 0 fully saturated rings. The molecule has 0 heterocycles. The van der Waals surface area contributed by atoms with Gasteiger partial charge in [-0.2, -0.15) is 28.3 Å². The second-order valence-electron chi connectivity index (χ2n) is 7.23. The van der Waals surface area contributed by atoms with Gasteiger partial charge in [-0.1, -0.05) is 64.1 Å². The molecule has 4 rings (SSSR count). The van der Waals surface area contributed by atoms with Crippen molar-refractivity contribution >= 4 is 38.1 Å². The van der Waals surface area contributed by atoms with Crippen LogP contribution in [0.25, 0.3) is 21.5 Å². The summed E-state index contributed by atoms with van der Waals surface area (Å²) < 4.78 is 0. The molecule has 0 spiro atoms. The number of hydrogen-bond acceptors (Lipinski definition) is 0. The first-order valence-electron chi connectivity index (χ1n) is 9.81. The van der Waals surface area contributed by atoms with Crippen LogP contribution in [0, 0.1) is 27.7 Å². The molecule has 5 heteroatoms. The zero-order valence-corrected chi connectivity index (χ0v) is 23.2. The molecule has 0 aliphatic carbocycles. The van der Waals surface area contributed by atoms with E-state index in [1.165, 1.54) is 56.3 Å². The topological polar surface area (TPSA) is 0 Å². The number of halogens is 3. The number of benzene rings is 2. The minimum Gasteiger partial charge on any atom is -1.00 e. The van der Waals surface area contributed by atoms with Crippen molar-refractivity contribution in [1.29, 1.82) is 0 Å². The van der Waals surface area contributed by atoms with E-state index in [-0.39, 0.29) is 24.8 Å². The van der Waals surface area contributed by atoms with Gasteiger partial charge in [0.2, 0.25) is 0 Å². The van der Waals surface area contributed by atoms with Gasteiger partial charge in [0, 0.05) is 0 Å². The van der Waals surface area contributed by atoms with Crippen LogP contribution in [0.15, 0.2) is 60.7 Å². The predicted molar refractivity (Wildman–Crippen MR) is 125 cm³/mol. The maximum Gasteiger partial charge on any atom is -0.0630 e. The molecule has 160 valence electrons. The van der Waals surface area contributed by atoms with Crippen molar-refractivity contribution in [3.63, 3.8) is 0 Å². The molecule has 0 atom stereocenters. The van der Waals surface area contributed by atoms with Crippen LogP contribution in [0.4, 0.5) is 0 Å². The number of hydrogen-bond donors (Lipinski definition) is 0. The number of aryl methyl sites for hydroxylation is 2. The minimum absolute atomic E-state index is 0. The van der Waals surface area contributed by atoms with E-state index in [1.807, 2.05) is 0 Å². The largest absolute Gasteiger partial charge is 1.00 e. The second kappa shape index (κ2) is 14.5. The maximum absolute atomic E-state index is 5.68. The molecule has 0 unspecified atom stereocenters. The second-order valence-corrected chi connectivity index (χ2v) is 14.2. The van der Waals surface area contributed by atoms with Crippen molar-refractivity contribution < 1.29 is 44.0 Å². The fourth-order valence-electron chi connectivity index (χ4n) is 3.26. The quantitative estimate of drug-likeness (QED) is 0.220. The Balaban J connectivity index is 0.000000441. The van der Waals surface area contributed by atoms with E-state index in [1.54, 1.807) is 0 Å². The fourth-order valence-corrected chi connectivity index (χ4v) is 5.43. The van der Waals surface area contributed by atoms with Gasteiger partial charge >= 0.3 is 55.1 Å². The van der Waals surface area contributed by atoms with Crippen LogP contribution < -0.4 is 24.8 Å². The summed E-state index contributed by atoms with van der Waals surface area (Å²) in [5.41, 5.74) is 5.33. The van der Waals surface area contributed by atoms with Crippen LogP contribution in [0.5, 0.6) is 0 Å². The molecular formula is C25H29Cl3SiTi-2. The van der Waals surface area contributed by atoms with Gasteiger partial charge in [-0.05, 0) is 0 Å². The van der Waals surface area contributed by atoms with Gasteiger partial charge in [0.05, 0.1) is 0 Å². The Morgan fingerprint density at radius 2 is 1.40 bits per heavy atom. The van der Waals surface area contributed by atoms with Gasteiger partial charge in [0.25, 0.3) is 0 Å². The molecule has 0 aliphatic heterocycles. The average Bonchev–Trinajstić information content (AvgIpc) is 3.15. The third-order valence-electron chi connectivity index (χ3n) is 5.17. The zero-order chi connectivity index (χ0) is 20.7. The first-order valence-corrected chi connectivity index (χ1v) is 14.9. The van der Waals surface area contributed by atoms with Crippen molar-refractivity contribution in [1.82, 2.24) is 0 Å². The summed E-state index contributed by atoms with van der Waals surface area (Å²) in [5.74, 6) is 0. The van der Waals surface area contributed by atoms with Crippen LogP contribution in [0.2, 0.25) is 6.04 Å². The van der Waals surface area contributed by atoms with Crippen LogP contribution in [0.1, 0.15) is 35.6 Å². The van der Waals surface area contributed by atoms with E-state index in [4.69, 9.17) is 11.1 Å². The Bertz CT molecular complexity index is 990. The van der Waals surface area contributed by atoms with E-state index in [9.17, 15) is 0 Å². The van der Waals surface area contributed by atoms with Crippen LogP contribution >= 0.6 is 11.1 Å². The van der Waals surface area contributed by atoms with Crippen molar-refractivity contribution in [2.45, 2.75) is 47.1 Å². The van der Waals surface area contributed by atoms with Crippen molar-refractivity contribution in [2.24, 2.45) is 0 Å². The molecule has 0 amide bonds.